The van der Waals surface area contributed by atoms with Crippen LogP contribution in [0.5, 0.6) is 0 Å². The lowest BCUT2D eigenvalue weighted by atomic mass is 9.71. The summed E-state index contributed by atoms with van der Waals surface area (Å²) >= 11 is 0. The number of ketones is 1. The van der Waals surface area contributed by atoms with E-state index in [1.165, 1.54) is 12.1 Å². The first-order chi connectivity index (χ1) is 10.1. The maximum absolute atomic E-state index is 13.3. The number of aromatic nitrogens is 1. The van der Waals surface area contributed by atoms with Gasteiger partial charge in [0.15, 0.2) is 5.78 Å². The lowest BCUT2D eigenvalue weighted by Crippen LogP contribution is -2.42. The molecule has 0 saturated carbocycles. The van der Waals surface area contributed by atoms with E-state index in [0.717, 1.165) is 49.7 Å². The molecular weight excluding hydrogens is 267 g/mol. The van der Waals surface area contributed by atoms with Crippen LogP contribution < -0.4 is 5.32 Å². The van der Waals surface area contributed by atoms with Crippen LogP contribution in [-0.4, -0.2) is 23.9 Å². The van der Waals surface area contributed by atoms with Gasteiger partial charge in [0.1, 0.15) is 5.82 Å². The fraction of sp³-hybridized carbons (Fsp3) is 0.471. The second-order valence-corrected chi connectivity index (χ2v) is 6.02. The van der Waals surface area contributed by atoms with Crippen LogP contribution in [0, 0.1) is 11.2 Å². The van der Waals surface area contributed by atoms with Gasteiger partial charge in [0, 0.05) is 16.3 Å². The Labute approximate surface area is 123 Å². The molecule has 0 atom stereocenters. The van der Waals surface area contributed by atoms with Crippen molar-refractivity contribution in [3.05, 3.63) is 35.8 Å². The normalized spacial score (nSPS) is 18.0. The SMILES string of the molecule is CCCC1(C(=O)c2cc3cc(F)ccc3[nH]2)CCNCC1. The molecule has 1 saturated heterocycles. The molecule has 0 amide bonds. The van der Waals surface area contributed by atoms with Crippen LogP contribution in [0.15, 0.2) is 24.3 Å². The Morgan fingerprint density at radius 1 is 1.29 bits per heavy atom. The van der Waals surface area contributed by atoms with Gasteiger partial charge in [0.05, 0.1) is 5.69 Å². The number of carbonyl (C=O) groups is 1. The standard InChI is InChI=1S/C17H21FN2O/c1-2-5-17(6-8-19-9-7-17)16(21)15-11-12-10-13(18)3-4-14(12)20-15/h3-4,10-11,19-20H,2,5-9H2,1H3. The number of nitrogens with one attached hydrogen (secondary N) is 2. The van der Waals surface area contributed by atoms with E-state index in [4.69, 9.17) is 0 Å². The molecule has 1 aliphatic rings. The molecule has 1 fully saturated rings. The number of aromatic amines is 1. The Morgan fingerprint density at radius 3 is 2.76 bits per heavy atom. The van der Waals surface area contributed by atoms with Crippen molar-refractivity contribution in [2.45, 2.75) is 32.6 Å². The van der Waals surface area contributed by atoms with Gasteiger partial charge in [0.25, 0.3) is 0 Å². The number of hydrogen-bond donors (Lipinski definition) is 2. The monoisotopic (exact) mass is 288 g/mol. The van der Waals surface area contributed by atoms with Crippen LogP contribution in [0.1, 0.15) is 43.1 Å². The Balaban J connectivity index is 1.97. The molecule has 2 N–H and O–H groups in total. The van der Waals surface area contributed by atoms with E-state index in [-0.39, 0.29) is 17.0 Å². The number of piperidine rings is 1. The van der Waals surface area contributed by atoms with Gasteiger partial charge in [-0.1, -0.05) is 13.3 Å². The zero-order valence-electron chi connectivity index (χ0n) is 12.3. The average Bonchev–Trinajstić information content (AvgIpc) is 2.90. The van der Waals surface area contributed by atoms with Crippen LogP contribution in [0.2, 0.25) is 0 Å². The number of halogens is 1. The van der Waals surface area contributed by atoms with Gasteiger partial charge < -0.3 is 10.3 Å². The van der Waals surface area contributed by atoms with Crippen LogP contribution in [0.4, 0.5) is 4.39 Å². The number of benzene rings is 1. The number of hydrogen-bond acceptors (Lipinski definition) is 2. The summed E-state index contributed by atoms with van der Waals surface area (Å²) in [6.45, 7) is 3.90. The molecule has 0 aliphatic carbocycles. The van der Waals surface area contributed by atoms with E-state index in [2.05, 4.69) is 17.2 Å². The smallest absolute Gasteiger partial charge is 0.185 e. The van der Waals surface area contributed by atoms with E-state index in [1.807, 2.05) is 0 Å². The van der Waals surface area contributed by atoms with Crippen molar-refractivity contribution < 1.29 is 9.18 Å². The van der Waals surface area contributed by atoms with Gasteiger partial charge in [-0.15, -0.1) is 0 Å². The highest BCUT2D eigenvalue weighted by Crippen LogP contribution is 2.37. The third kappa shape index (κ3) is 2.60. The zero-order valence-corrected chi connectivity index (χ0v) is 12.3. The number of Topliss-reactive ketones (excluding diaryl/α,β-unsaturated/α-hetero) is 1. The Kier molecular flexibility index (Phi) is 3.81. The Bertz CT molecular complexity index is 650. The zero-order chi connectivity index (χ0) is 14.9. The number of rotatable bonds is 4. The van der Waals surface area contributed by atoms with Crippen LogP contribution in [-0.2, 0) is 0 Å². The molecule has 112 valence electrons. The topological polar surface area (TPSA) is 44.9 Å². The lowest BCUT2D eigenvalue weighted by molar-refractivity contribution is 0.0699. The van der Waals surface area contributed by atoms with E-state index >= 15 is 0 Å². The van der Waals surface area contributed by atoms with E-state index < -0.39 is 0 Å². The summed E-state index contributed by atoms with van der Waals surface area (Å²) in [5.74, 6) is -0.0897. The summed E-state index contributed by atoms with van der Waals surface area (Å²) in [5, 5.41) is 4.09. The highest BCUT2D eigenvalue weighted by atomic mass is 19.1. The van der Waals surface area contributed by atoms with Crippen molar-refractivity contribution in [1.29, 1.82) is 0 Å². The number of fused-ring (bicyclic) bond motifs is 1. The summed E-state index contributed by atoms with van der Waals surface area (Å²) in [6, 6.07) is 6.37. The number of carbonyl (C=O) groups excluding carboxylic acids is 1. The van der Waals surface area contributed by atoms with E-state index in [1.54, 1.807) is 12.1 Å². The predicted molar refractivity (Wildman–Crippen MR) is 82.0 cm³/mol. The molecule has 0 unspecified atom stereocenters. The number of H-pyrrole nitrogens is 1. The molecule has 3 nitrogen and oxygen atoms in total. The Hall–Kier alpha value is -1.68. The first-order valence-corrected chi connectivity index (χ1v) is 7.68. The molecule has 4 heteroatoms. The molecule has 21 heavy (non-hydrogen) atoms. The second kappa shape index (κ2) is 5.60. The van der Waals surface area contributed by atoms with E-state index in [0.29, 0.717) is 5.69 Å². The molecule has 0 bridgehead atoms. The second-order valence-electron chi connectivity index (χ2n) is 6.02. The quantitative estimate of drug-likeness (QED) is 0.843. The van der Waals surface area contributed by atoms with Crippen LogP contribution >= 0.6 is 0 Å². The minimum Gasteiger partial charge on any atom is -0.352 e. The molecule has 2 aromatic rings. The van der Waals surface area contributed by atoms with Crippen LogP contribution in [0.3, 0.4) is 0 Å². The molecule has 0 spiro atoms. The summed E-state index contributed by atoms with van der Waals surface area (Å²) < 4.78 is 13.3. The average molecular weight is 288 g/mol. The maximum atomic E-state index is 13.3. The van der Waals surface area contributed by atoms with Crippen molar-refractivity contribution in [3.63, 3.8) is 0 Å². The minimum absolute atomic E-state index is 0.183. The molecular formula is C17H21FN2O. The molecule has 1 aromatic carbocycles. The molecule has 1 aromatic heterocycles. The largest absolute Gasteiger partial charge is 0.352 e. The van der Waals surface area contributed by atoms with E-state index in [9.17, 15) is 9.18 Å². The van der Waals surface area contributed by atoms with Gasteiger partial charge in [-0.05, 0) is 56.6 Å². The summed E-state index contributed by atoms with van der Waals surface area (Å²) in [4.78, 5) is 16.2. The van der Waals surface area contributed by atoms with Crippen molar-refractivity contribution >= 4 is 16.7 Å². The van der Waals surface area contributed by atoms with Gasteiger partial charge in [-0.25, -0.2) is 4.39 Å². The van der Waals surface area contributed by atoms with Crippen molar-refractivity contribution in [2.75, 3.05) is 13.1 Å². The summed E-state index contributed by atoms with van der Waals surface area (Å²) in [5.41, 5.74) is 1.17. The Morgan fingerprint density at radius 2 is 2.05 bits per heavy atom. The van der Waals surface area contributed by atoms with Gasteiger partial charge >= 0.3 is 0 Å². The molecule has 0 radical (unpaired) electrons. The molecule has 2 heterocycles. The van der Waals surface area contributed by atoms with Crippen molar-refractivity contribution in [3.8, 4) is 0 Å². The summed E-state index contributed by atoms with van der Waals surface area (Å²) in [6.07, 6.45) is 3.67. The summed E-state index contributed by atoms with van der Waals surface area (Å²) in [7, 11) is 0. The van der Waals surface area contributed by atoms with Crippen molar-refractivity contribution in [2.24, 2.45) is 5.41 Å². The molecule has 1 aliphatic heterocycles. The maximum Gasteiger partial charge on any atom is 0.185 e. The van der Waals surface area contributed by atoms with Gasteiger partial charge in [-0.3, -0.25) is 4.79 Å². The first kappa shape index (κ1) is 14.3. The fourth-order valence-electron chi connectivity index (χ4n) is 3.49. The lowest BCUT2D eigenvalue weighted by Gasteiger charge is -2.35. The predicted octanol–water partition coefficient (Wildman–Crippen LogP) is 3.66. The highest BCUT2D eigenvalue weighted by molar-refractivity contribution is 6.03. The fourth-order valence-corrected chi connectivity index (χ4v) is 3.49. The highest BCUT2D eigenvalue weighted by Gasteiger charge is 2.39. The van der Waals surface area contributed by atoms with Gasteiger partial charge in [0.2, 0.25) is 0 Å². The van der Waals surface area contributed by atoms with Crippen molar-refractivity contribution in [1.82, 2.24) is 10.3 Å². The third-order valence-corrected chi connectivity index (χ3v) is 4.60. The third-order valence-electron chi connectivity index (χ3n) is 4.60. The van der Waals surface area contributed by atoms with Crippen LogP contribution in [0.25, 0.3) is 10.9 Å². The first-order valence-electron chi connectivity index (χ1n) is 7.68. The molecule has 3 rings (SSSR count). The van der Waals surface area contributed by atoms with Gasteiger partial charge in [-0.2, -0.15) is 0 Å². The minimum atomic E-state index is -0.273.